The van der Waals surface area contributed by atoms with Crippen molar-refractivity contribution in [2.24, 2.45) is 0 Å². The zero-order valence-corrected chi connectivity index (χ0v) is 18.0. The Labute approximate surface area is 185 Å². The Balaban J connectivity index is 1.43. The Bertz CT molecular complexity index is 1050. The van der Waals surface area contributed by atoms with Crippen molar-refractivity contribution in [1.29, 1.82) is 0 Å². The van der Waals surface area contributed by atoms with E-state index in [1.54, 1.807) is 0 Å². The summed E-state index contributed by atoms with van der Waals surface area (Å²) in [5.74, 6) is -1.50. The van der Waals surface area contributed by atoms with E-state index in [-0.39, 0.29) is 0 Å². The molecule has 0 saturated carbocycles. The van der Waals surface area contributed by atoms with E-state index in [1.807, 2.05) is 25.1 Å². The van der Waals surface area contributed by atoms with Crippen molar-refractivity contribution in [3.63, 3.8) is 0 Å². The van der Waals surface area contributed by atoms with Crippen LogP contribution in [0.25, 0.3) is 0 Å². The number of rotatable bonds is 5. The fourth-order valence-electron chi connectivity index (χ4n) is 3.96. The number of hydrogen-bond acceptors (Lipinski definition) is 5. The molecule has 2 aliphatic rings. The third-order valence-corrected chi connectivity index (χ3v) is 5.86. The lowest BCUT2D eigenvalue weighted by molar-refractivity contribution is -0.133. The van der Waals surface area contributed by atoms with Crippen molar-refractivity contribution in [3.05, 3.63) is 59.4 Å². The second kappa shape index (κ2) is 8.58. The molecule has 4 amide bonds. The SMILES string of the molecule is Cc1cc(N2CCOCC2)ccc1NC(=O)CN1C(=O)NC(C)(c2ccc(F)cc2)C1=O. The van der Waals surface area contributed by atoms with Crippen LogP contribution in [0.15, 0.2) is 42.5 Å². The first-order valence-corrected chi connectivity index (χ1v) is 10.4. The molecule has 32 heavy (non-hydrogen) atoms. The summed E-state index contributed by atoms with van der Waals surface area (Å²) in [7, 11) is 0. The molecule has 2 N–H and O–H groups in total. The molecular weight excluding hydrogens is 415 g/mol. The number of hydrogen-bond donors (Lipinski definition) is 2. The predicted octanol–water partition coefficient (Wildman–Crippen LogP) is 2.38. The largest absolute Gasteiger partial charge is 0.378 e. The minimum atomic E-state index is -1.36. The normalized spacial score (nSPS) is 21.0. The Morgan fingerprint density at radius 3 is 2.50 bits per heavy atom. The van der Waals surface area contributed by atoms with E-state index in [2.05, 4.69) is 15.5 Å². The Morgan fingerprint density at radius 1 is 1.16 bits per heavy atom. The van der Waals surface area contributed by atoms with Crippen LogP contribution in [-0.4, -0.2) is 55.6 Å². The number of imide groups is 1. The minimum Gasteiger partial charge on any atom is -0.378 e. The number of morpholine rings is 1. The van der Waals surface area contributed by atoms with Gasteiger partial charge in [-0.2, -0.15) is 0 Å². The fraction of sp³-hybridized carbons (Fsp3) is 0.348. The lowest BCUT2D eigenvalue weighted by Crippen LogP contribution is -2.42. The van der Waals surface area contributed by atoms with E-state index in [0.29, 0.717) is 24.5 Å². The maximum Gasteiger partial charge on any atom is 0.325 e. The lowest BCUT2D eigenvalue weighted by atomic mass is 9.92. The summed E-state index contributed by atoms with van der Waals surface area (Å²) in [6, 6.07) is 10.4. The Morgan fingerprint density at radius 2 is 1.84 bits per heavy atom. The maximum atomic E-state index is 13.2. The number of halogens is 1. The monoisotopic (exact) mass is 440 g/mol. The van der Waals surface area contributed by atoms with Crippen LogP contribution in [0.5, 0.6) is 0 Å². The quantitative estimate of drug-likeness (QED) is 0.697. The Kier molecular flexibility index (Phi) is 5.84. The molecule has 2 heterocycles. The van der Waals surface area contributed by atoms with Crippen LogP contribution >= 0.6 is 0 Å². The van der Waals surface area contributed by atoms with Gasteiger partial charge in [-0.25, -0.2) is 9.18 Å². The molecule has 0 aromatic heterocycles. The van der Waals surface area contributed by atoms with Crippen molar-refractivity contribution in [2.75, 3.05) is 43.1 Å². The van der Waals surface area contributed by atoms with Crippen LogP contribution in [-0.2, 0) is 19.9 Å². The number of anilines is 2. The first kappa shape index (κ1) is 21.8. The molecule has 2 fully saturated rings. The summed E-state index contributed by atoms with van der Waals surface area (Å²) in [6.45, 7) is 5.98. The number of nitrogens with one attached hydrogen (secondary N) is 2. The van der Waals surface area contributed by atoms with Crippen molar-refractivity contribution >= 4 is 29.2 Å². The zero-order chi connectivity index (χ0) is 22.9. The third-order valence-electron chi connectivity index (χ3n) is 5.86. The summed E-state index contributed by atoms with van der Waals surface area (Å²) in [5, 5.41) is 5.39. The third kappa shape index (κ3) is 4.16. The van der Waals surface area contributed by atoms with Gasteiger partial charge in [0.2, 0.25) is 5.91 Å². The average molecular weight is 440 g/mol. The van der Waals surface area contributed by atoms with Crippen LogP contribution < -0.4 is 15.5 Å². The van der Waals surface area contributed by atoms with Crippen molar-refractivity contribution < 1.29 is 23.5 Å². The molecule has 0 spiro atoms. The topological polar surface area (TPSA) is 91.0 Å². The van der Waals surface area contributed by atoms with Gasteiger partial charge in [-0.1, -0.05) is 12.1 Å². The average Bonchev–Trinajstić information content (AvgIpc) is 3.00. The Hall–Kier alpha value is -3.46. The molecule has 168 valence electrons. The molecule has 1 atom stereocenters. The van der Waals surface area contributed by atoms with Gasteiger partial charge in [0.25, 0.3) is 5.91 Å². The van der Waals surface area contributed by atoms with Crippen molar-refractivity contribution in [1.82, 2.24) is 10.2 Å². The fourth-order valence-corrected chi connectivity index (χ4v) is 3.96. The molecule has 0 radical (unpaired) electrons. The zero-order valence-electron chi connectivity index (χ0n) is 18.0. The second-order valence-electron chi connectivity index (χ2n) is 8.10. The number of ether oxygens (including phenoxy) is 1. The number of carbonyl (C=O) groups is 3. The molecule has 1 unspecified atom stereocenters. The van der Waals surface area contributed by atoms with Crippen LogP contribution in [0, 0.1) is 12.7 Å². The van der Waals surface area contributed by atoms with Gasteiger partial charge >= 0.3 is 6.03 Å². The smallest absolute Gasteiger partial charge is 0.325 e. The molecule has 4 rings (SSSR count). The van der Waals surface area contributed by atoms with Crippen LogP contribution in [0.1, 0.15) is 18.1 Å². The van der Waals surface area contributed by atoms with Gasteiger partial charge in [0.15, 0.2) is 0 Å². The highest BCUT2D eigenvalue weighted by Crippen LogP contribution is 2.29. The van der Waals surface area contributed by atoms with E-state index in [4.69, 9.17) is 4.74 Å². The summed E-state index contributed by atoms with van der Waals surface area (Å²) in [5.41, 5.74) is 1.61. The summed E-state index contributed by atoms with van der Waals surface area (Å²) < 4.78 is 18.6. The number of nitrogens with zero attached hydrogens (tertiary/aromatic N) is 2. The minimum absolute atomic E-state index is 0.424. The highest BCUT2D eigenvalue weighted by atomic mass is 19.1. The summed E-state index contributed by atoms with van der Waals surface area (Å²) in [6.07, 6.45) is 0. The van der Waals surface area contributed by atoms with Gasteiger partial charge in [-0.15, -0.1) is 0 Å². The second-order valence-corrected chi connectivity index (χ2v) is 8.10. The van der Waals surface area contributed by atoms with Gasteiger partial charge in [0, 0.05) is 24.5 Å². The number of aryl methyl sites for hydroxylation is 1. The van der Waals surface area contributed by atoms with E-state index >= 15 is 0 Å². The molecule has 9 heteroatoms. The molecule has 8 nitrogen and oxygen atoms in total. The molecule has 2 aromatic carbocycles. The van der Waals surface area contributed by atoms with E-state index < -0.39 is 35.7 Å². The van der Waals surface area contributed by atoms with E-state index in [0.717, 1.165) is 29.2 Å². The van der Waals surface area contributed by atoms with Crippen LogP contribution in [0.4, 0.5) is 20.6 Å². The van der Waals surface area contributed by atoms with Gasteiger partial charge in [0.05, 0.1) is 13.2 Å². The van der Waals surface area contributed by atoms with E-state index in [1.165, 1.54) is 31.2 Å². The standard InChI is InChI=1S/C23H25FN4O4/c1-15-13-18(27-9-11-32-12-10-27)7-8-19(15)25-20(29)14-28-21(30)23(2,26-22(28)31)16-3-5-17(24)6-4-16/h3-8,13H,9-12,14H2,1-2H3,(H,25,29)(H,26,31). The number of amides is 4. The highest BCUT2D eigenvalue weighted by Gasteiger charge is 2.49. The van der Waals surface area contributed by atoms with Crippen LogP contribution in [0.3, 0.4) is 0 Å². The first-order valence-electron chi connectivity index (χ1n) is 10.4. The molecule has 0 aliphatic carbocycles. The van der Waals surface area contributed by atoms with Crippen molar-refractivity contribution in [3.8, 4) is 0 Å². The molecular formula is C23H25FN4O4. The van der Waals surface area contributed by atoms with Gasteiger partial charge in [-0.05, 0) is 55.3 Å². The maximum absolute atomic E-state index is 13.2. The van der Waals surface area contributed by atoms with Gasteiger partial charge in [0.1, 0.15) is 17.9 Å². The molecule has 2 saturated heterocycles. The molecule has 0 bridgehead atoms. The molecule has 2 aromatic rings. The molecule has 2 aliphatic heterocycles. The number of urea groups is 1. The first-order chi connectivity index (χ1) is 15.3. The van der Waals surface area contributed by atoms with Crippen molar-refractivity contribution in [2.45, 2.75) is 19.4 Å². The van der Waals surface area contributed by atoms with Gasteiger partial charge in [-0.3, -0.25) is 14.5 Å². The summed E-state index contributed by atoms with van der Waals surface area (Å²) in [4.78, 5) is 41.1. The van der Waals surface area contributed by atoms with E-state index in [9.17, 15) is 18.8 Å². The highest BCUT2D eigenvalue weighted by molar-refractivity contribution is 6.10. The predicted molar refractivity (Wildman–Crippen MR) is 117 cm³/mol. The van der Waals surface area contributed by atoms with Crippen LogP contribution in [0.2, 0.25) is 0 Å². The summed E-state index contributed by atoms with van der Waals surface area (Å²) >= 11 is 0. The van der Waals surface area contributed by atoms with Gasteiger partial charge < -0.3 is 20.3 Å². The number of carbonyl (C=O) groups excluding carboxylic acids is 3. The number of benzene rings is 2. The lowest BCUT2D eigenvalue weighted by Gasteiger charge is -2.29.